The first-order chi connectivity index (χ1) is 17.2. The average molecular weight is 508 g/mol. The summed E-state index contributed by atoms with van der Waals surface area (Å²) >= 11 is 6.03. The summed E-state index contributed by atoms with van der Waals surface area (Å²) in [6.45, 7) is 4.62. The number of halogens is 1. The smallest absolute Gasteiger partial charge is 0.300 e. The molecule has 3 aromatic carbocycles. The second-order valence-electron chi connectivity index (χ2n) is 8.81. The van der Waals surface area contributed by atoms with E-state index in [1.807, 2.05) is 13.8 Å². The molecule has 0 bridgehead atoms. The van der Waals surface area contributed by atoms with Crippen LogP contribution in [-0.4, -0.2) is 35.6 Å². The fourth-order valence-electron chi connectivity index (χ4n) is 4.02. The summed E-state index contributed by atoms with van der Waals surface area (Å²) in [5, 5.41) is 22.1. The van der Waals surface area contributed by atoms with Crippen LogP contribution in [0, 0.1) is 5.92 Å². The minimum Gasteiger partial charge on any atom is -0.507 e. The van der Waals surface area contributed by atoms with Crippen molar-refractivity contribution in [3.63, 3.8) is 0 Å². The lowest BCUT2D eigenvalue weighted by atomic mass is 9.94. The molecule has 36 heavy (non-hydrogen) atoms. The number of ketones is 1. The minimum absolute atomic E-state index is 0.102. The predicted molar refractivity (Wildman–Crippen MR) is 138 cm³/mol. The summed E-state index contributed by atoms with van der Waals surface area (Å²) in [5.74, 6) is -0.941. The molecule has 7 nitrogen and oxygen atoms in total. The van der Waals surface area contributed by atoms with Gasteiger partial charge in [-0.05, 0) is 72.1 Å². The number of benzene rings is 3. The van der Waals surface area contributed by atoms with Gasteiger partial charge in [0.15, 0.2) is 11.5 Å². The molecule has 3 aromatic rings. The van der Waals surface area contributed by atoms with Crippen LogP contribution in [0.2, 0.25) is 5.02 Å². The van der Waals surface area contributed by atoms with Crippen molar-refractivity contribution in [1.82, 2.24) is 0 Å². The van der Waals surface area contributed by atoms with E-state index in [1.54, 1.807) is 54.6 Å². The van der Waals surface area contributed by atoms with Crippen LogP contribution in [0.25, 0.3) is 5.76 Å². The summed E-state index contributed by atoms with van der Waals surface area (Å²) in [7, 11) is 1.42. The molecule has 1 amide bonds. The number of aliphatic hydroxyl groups is 1. The molecule has 0 aliphatic carbocycles. The second-order valence-corrected chi connectivity index (χ2v) is 9.24. The molecule has 4 rings (SSSR count). The number of methoxy groups -OCH3 is 1. The van der Waals surface area contributed by atoms with Crippen LogP contribution in [0.15, 0.2) is 72.3 Å². The highest BCUT2D eigenvalue weighted by Crippen LogP contribution is 2.44. The zero-order valence-electron chi connectivity index (χ0n) is 20.1. The predicted octanol–water partition coefficient (Wildman–Crippen LogP) is 5.72. The van der Waals surface area contributed by atoms with E-state index in [4.69, 9.17) is 21.1 Å². The van der Waals surface area contributed by atoms with Gasteiger partial charge in [-0.25, -0.2) is 0 Å². The van der Waals surface area contributed by atoms with Crippen molar-refractivity contribution >= 4 is 34.7 Å². The zero-order valence-corrected chi connectivity index (χ0v) is 20.8. The van der Waals surface area contributed by atoms with Crippen LogP contribution in [0.4, 0.5) is 5.69 Å². The number of aliphatic hydroxyl groups excluding tert-OH is 1. The van der Waals surface area contributed by atoms with Gasteiger partial charge in [0.2, 0.25) is 0 Å². The molecule has 186 valence electrons. The topological polar surface area (TPSA) is 96.3 Å². The van der Waals surface area contributed by atoms with Gasteiger partial charge < -0.3 is 19.7 Å². The van der Waals surface area contributed by atoms with Crippen molar-refractivity contribution in [2.45, 2.75) is 19.9 Å². The average Bonchev–Trinajstić information content (AvgIpc) is 3.13. The van der Waals surface area contributed by atoms with Crippen LogP contribution in [0.5, 0.6) is 17.2 Å². The molecule has 0 aromatic heterocycles. The third kappa shape index (κ3) is 4.88. The molecule has 2 N–H and O–H groups in total. The molecule has 1 aliphatic rings. The van der Waals surface area contributed by atoms with Crippen molar-refractivity contribution in [3.8, 4) is 17.2 Å². The Morgan fingerprint density at radius 1 is 1.03 bits per heavy atom. The van der Waals surface area contributed by atoms with Crippen molar-refractivity contribution < 1.29 is 29.3 Å². The second kappa shape index (κ2) is 10.3. The Bertz CT molecular complexity index is 1310. The highest BCUT2D eigenvalue weighted by Gasteiger charge is 2.47. The Labute approximate surface area is 214 Å². The van der Waals surface area contributed by atoms with Gasteiger partial charge >= 0.3 is 0 Å². The SMILES string of the molecule is COc1ccc(C2/C(=C(/O)c3ccc(OCC(C)C)cc3)C(=O)C(=O)N2c2ccc(Cl)cc2)cc1O. The summed E-state index contributed by atoms with van der Waals surface area (Å²) in [6.07, 6.45) is 0. The highest BCUT2D eigenvalue weighted by atomic mass is 35.5. The van der Waals surface area contributed by atoms with Crippen molar-refractivity contribution in [1.29, 1.82) is 0 Å². The molecule has 1 saturated heterocycles. The fraction of sp³-hybridized carbons (Fsp3) is 0.214. The number of ether oxygens (including phenoxy) is 2. The zero-order chi connectivity index (χ0) is 26.0. The highest BCUT2D eigenvalue weighted by molar-refractivity contribution is 6.51. The van der Waals surface area contributed by atoms with E-state index in [1.165, 1.54) is 24.1 Å². The van der Waals surface area contributed by atoms with Crippen molar-refractivity contribution in [2.24, 2.45) is 5.92 Å². The van der Waals surface area contributed by atoms with E-state index < -0.39 is 17.7 Å². The third-order valence-electron chi connectivity index (χ3n) is 5.78. The van der Waals surface area contributed by atoms with E-state index in [0.717, 1.165) is 0 Å². The standard InChI is InChI=1S/C28H26ClNO6/c1-16(2)15-36-21-11-4-17(5-12-21)26(32)24-25(18-6-13-23(35-3)22(31)14-18)30(28(34)27(24)33)20-9-7-19(29)8-10-20/h4-14,16,25,31-32H,15H2,1-3H3/b26-24-. The van der Waals surface area contributed by atoms with Gasteiger partial charge in [-0.1, -0.05) is 31.5 Å². The minimum atomic E-state index is -1.00. The quantitative estimate of drug-likeness (QED) is 0.241. The Morgan fingerprint density at radius 3 is 2.28 bits per heavy atom. The molecule has 1 heterocycles. The normalized spacial score (nSPS) is 17.0. The number of phenolic OH excluding ortho intramolecular Hbond substituents is 1. The van der Waals surface area contributed by atoms with Crippen LogP contribution in [0.3, 0.4) is 0 Å². The molecular formula is C28H26ClNO6. The molecule has 0 spiro atoms. The summed E-state index contributed by atoms with van der Waals surface area (Å²) in [6, 6.07) is 16.7. The molecule has 0 saturated carbocycles. The number of Topliss-reactive ketones (excluding diaryl/α,β-unsaturated/α-hetero) is 1. The van der Waals surface area contributed by atoms with E-state index in [0.29, 0.717) is 40.1 Å². The van der Waals surface area contributed by atoms with Gasteiger partial charge in [0, 0.05) is 16.3 Å². The number of nitrogens with zero attached hydrogens (tertiary/aromatic N) is 1. The Kier molecular flexibility index (Phi) is 7.22. The first-order valence-electron chi connectivity index (χ1n) is 11.4. The van der Waals surface area contributed by atoms with Crippen LogP contribution >= 0.6 is 11.6 Å². The number of aromatic hydroxyl groups is 1. The van der Waals surface area contributed by atoms with Crippen LogP contribution < -0.4 is 14.4 Å². The number of anilines is 1. The first-order valence-corrected chi connectivity index (χ1v) is 11.8. The summed E-state index contributed by atoms with van der Waals surface area (Å²) in [5.41, 5.74) is 1.08. The monoisotopic (exact) mass is 507 g/mol. The largest absolute Gasteiger partial charge is 0.507 e. The van der Waals surface area contributed by atoms with E-state index >= 15 is 0 Å². The number of rotatable bonds is 7. The molecule has 0 radical (unpaired) electrons. The molecule has 1 fully saturated rings. The summed E-state index contributed by atoms with van der Waals surface area (Å²) in [4.78, 5) is 27.8. The lowest BCUT2D eigenvalue weighted by molar-refractivity contribution is -0.132. The maximum absolute atomic E-state index is 13.3. The lowest BCUT2D eigenvalue weighted by Gasteiger charge is -2.26. The molecule has 1 atom stereocenters. The van der Waals surface area contributed by atoms with Crippen molar-refractivity contribution in [2.75, 3.05) is 18.6 Å². The number of amides is 1. The van der Waals surface area contributed by atoms with Gasteiger partial charge in [0.1, 0.15) is 11.5 Å². The third-order valence-corrected chi connectivity index (χ3v) is 6.03. The maximum Gasteiger partial charge on any atom is 0.300 e. The molecular weight excluding hydrogens is 482 g/mol. The lowest BCUT2D eigenvalue weighted by Crippen LogP contribution is -2.29. The number of hydrogen-bond donors (Lipinski definition) is 2. The Hall–Kier alpha value is -3.97. The number of carbonyl (C=O) groups is 2. The van der Waals surface area contributed by atoms with Crippen LogP contribution in [-0.2, 0) is 9.59 Å². The number of phenols is 1. The Morgan fingerprint density at radius 2 is 1.69 bits per heavy atom. The molecule has 1 aliphatic heterocycles. The number of carbonyl (C=O) groups excluding carboxylic acids is 2. The van der Waals surface area contributed by atoms with Gasteiger partial charge in [-0.3, -0.25) is 14.5 Å². The maximum atomic E-state index is 13.3. The van der Waals surface area contributed by atoms with Crippen molar-refractivity contribution in [3.05, 3.63) is 88.5 Å². The van der Waals surface area contributed by atoms with Gasteiger partial charge in [0.05, 0.1) is 25.3 Å². The Balaban J connectivity index is 1.84. The van der Waals surface area contributed by atoms with Gasteiger partial charge in [0.25, 0.3) is 11.7 Å². The van der Waals surface area contributed by atoms with Gasteiger partial charge in [-0.15, -0.1) is 0 Å². The summed E-state index contributed by atoms with van der Waals surface area (Å²) < 4.78 is 10.8. The van der Waals surface area contributed by atoms with E-state index in [9.17, 15) is 19.8 Å². The first kappa shape index (κ1) is 25.1. The van der Waals surface area contributed by atoms with E-state index in [-0.39, 0.29) is 22.8 Å². The number of hydrogen-bond acceptors (Lipinski definition) is 6. The molecule has 8 heteroatoms. The van der Waals surface area contributed by atoms with Crippen LogP contribution in [0.1, 0.15) is 31.0 Å². The van der Waals surface area contributed by atoms with Gasteiger partial charge in [-0.2, -0.15) is 0 Å². The fourth-order valence-corrected chi connectivity index (χ4v) is 4.15. The van der Waals surface area contributed by atoms with E-state index in [2.05, 4.69) is 0 Å². The molecule has 1 unspecified atom stereocenters.